The van der Waals surface area contributed by atoms with E-state index in [4.69, 9.17) is 12.2 Å². The lowest BCUT2D eigenvalue weighted by atomic mass is 9.92. The molecule has 0 bridgehead atoms. The maximum Gasteiger partial charge on any atom is 0.140 e. The van der Waals surface area contributed by atoms with Crippen molar-refractivity contribution in [3.63, 3.8) is 0 Å². The number of hydrogen-bond donors (Lipinski definition) is 1. The van der Waals surface area contributed by atoms with E-state index in [1.165, 1.54) is 0 Å². The smallest absolute Gasteiger partial charge is 0.140 e. The Morgan fingerprint density at radius 3 is 2.61 bits per heavy atom. The van der Waals surface area contributed by atoms with E-state index in [0.29, 0.717) is 4.64 Å². The van der Waals surface area contributed by atoms with Crippen molar-refractivity contribution in [2.45, 2.75) is 33.1 Å². The molecule has 0 amide bonds. The number of pyridine rings is 1. The van der Waals surface area contributed by atoms with Crippen molar-refractivity contribution >= 4 is 12.2 Å². The van der Waals surface area contributed by atoms with Gasteiger partial charge < -0.3 is 4.98 Å². The molecule has 0 saturated carbocycles. The number of H-pyrrole nitrogens is 1. The van der Waals surface area contributed by atoms with Crippen LogP contribution in [-0.2, 0) is 5.41 Å². The van der Waals surface area contributed by atoms with Gasteiger partial charge >= 0.3 is 0 Å². The van der Waals surface area contributed by atoms with Crippen LogP contribution in [-0.4, -0.2) is 15.0 Å². The van der Waals surface area contributed by atoms with Gasteiger partial charge in [-0.25, -0.2) is 4.98 Å². The summed E-state index contributed by atoms with van der Waals surface area (Å²) in [6.07, 6.45) is 3.59. The zero-order valence-electron chi connectivity index (χ0n) is 11.1. The molecule has 0 saturated heterocycles. The first-order valence-electron chi connectivity index (χ1n) is 5.91. The fraction of sp³-hybridized carbons (Fsp3) is 0.357. The Morgan fingerprint density at radius 2 is 2.00 bits per heavy atom. The Morgan fingerprint density at radius 1 is 1.28 bits per heavy atom. The summed E-state index contributed by atoms with van der Waals surface area (Å²) < 4.78 is 0.608. The molecule has 2 rings (SSSR count). The second-order valence-electron chi connectivity index (χ2n) is 5.42. The van der Waals surface area contributed by atoms with E-state index in [9.17, 15) is 0 Å². The van der Waals surface area contributed by atoms with E-state index < -0.39 is 0 Å². The molecule has 4 heteroatoms. The number of nitrogens with zero attached hydrogens (tertiary/aromatic N) is 2. The largest absolute Gasteiger partial charge is 0.343 e. The van der Waals surface area contributed by atoms with Crippen LogP contribution < -0.4 is 0 Å². The molecule has 0 atom stereocenters. The van der Waals surface area contributed by atoms with Gasteiger partial charge in [-0.2, -0.15) is 0 Å². The van der Waals surface area contributed by atoms with Gasteiger partial charge in [-0.15, -0.1) is 0 Å². The Bertz CT molecular complexity index is 623. The molecule has 1 N–H and O–H groups in total. The molecule has 3 nitrogen and oxygen atoms in total. The van der Waals surface area contributed by atoms with Crippen LogP contribution in [0.15, 0.2) is 24.5 Å². The van der Waals surface area contributed by atoms with Gasteiger partial charge in [0.15, 0.2) is 0 Å². The van der Waals surface area contributed by atoms with E-state index in [0.717, 1.165) is 22.6 Å². The van der Waals surface area contributed by atoms with Crippen molar-refractivity contribution in [1.29, 1.82) is 0 Å². The predicted octanol–water partition coefficient (Wildman–Crippen LogP) is 3.81. The van der Waals surface area contributed by atoms with E-state index in [1.54, 1.807) is 6.20 Å². The molecule has 0 aliphatic heterocycles. The summed E-state index contributed by atoms with van der Waals surface area (Å²) in [6.45, 7) is 8.48. The van der Waals surface area contributed by atoms with Crippen molar-refractivity contribution in [1.82, 2.24) is 15.0 Å². The third-order valence-corrected chi connectivity index (χ3v) is 3.05. The highest BCUT2D eigenvalue weighted by molar-refractivity contribution is 7.71. The highest BCUT2D eigenvalue weighted by Crippen LogP contribution is 2.24. The van der Waals surface area contributed by atoms with Crippen LogP contribution in [0.2, 0.25) is 0 Å². The van der Waals surface area contributed by atoms with E-state index in [2.05, 4.69) is 35.7 Å². The minimum absolute atomic E-state index is 0.0152. The molecule has 0 spiro atoms. The Hall–Kier alpha value is -1.55. The van der Waals surface area contributed by atoms with Crippen LogP contribution in [0.3, 0.4) is 0 Å². The minimum Gasteiger partial charge on any atom is -0.343 e. The summed E-state index contributed by atoms with van der Waals surface area (Å²) in [7, 11) is 0. The Labute approximate surface area is 112 Å². The first-order chi connectivity index (χ1) is 8.38. The summed E-state index contributed by atoms with van der Waals surface area (Å²) in [6, 6.07) is 3.89. The lowest BCUT2D eigenvalue weighted by Crippen LogP contribution is -2.14. The second kappa shape index (κ2) is 4.61. The highest BCUT2D eigenvalue weighted by Gasteiger charge is 2.16. The lowest BCUT2D eigenvalue weighted by Gasteiger charge is -2.19. The van der Waals surface area contributed by atoms with Crippen molar-refractivity contribution < 1.29 is 0 Å². The van der Waals surface area contributed by atoms with E-state index in [-0.39, 0.29) is 5.41 Å². The van der Waals surface area contributed by atoms with Gasteiger partial charge in [-0.05, 0) is 24.6 Å². The molecule has 0 aliphatic carbocycles. The fourth-order valence-corrected chi connectivity index (χ4v) is 1.91. The summed E-state index contributed by atoms with van der Waals surface area (Å²) in [4.78, 5) is 11.9. The van der Waals surface area contributed by atoms with E-state index >= 15 is 0 Å². The first-order valence-corrected chi connectivity index (χ1v) is 6.31. The average molecular weight is 259 g/mol. The van der Waals surface area contributed by atoms with Gasteiger partial charge in [0.2, 0.25) is 0 Å². The number of aromatic amines is 1. The second-order valence-corrected chi connectivity index (χ2v) is 5.84. The maximum atomic E-state index is 5.25. The fourth-order valence-electron chi connectivity index (χ4n) is 1.70. The summed E-state index contributed by atoms with van der Waals surface area (Å²) in [5.41, 5.74) is 3.23. The third-order valence-electron chi connectivity index (χ3n) is 2.85. The quantitative estimate of drug-likeness (QED) is 0.792. The predicted molar refractivity (Wildman–Crippen MR) is 76.1 cm³/mol. The van der Waals surface area contributed by atoms with Gasteiger partial charge in [0, 0.05) is 29.1 Å². The zero-order valence-corrected chi connectivity index (χ0v) is 11.9. The maximum absolute atomic E-state index is 5.25. The molecule has 0 aliphatic rings. The van der Waals surface area contributed by atoms with Crippen LogP contribution in [0.25, 0.3) is 11.4 Å². The molecule has 0 fully saturated rings. The average Bonchev–Trinajstić information content (AvgIpc) is 2.27. The Balaban J connectivity index is 2.63. The third kappa shape index (κ3) is 2.64. The van der Waals surface area contributed by atoms with Gasteiger partial charge in [-0.3, -0.25) is 4.98 Å². The number of hydrogen-bond acceptors (Lipinski definition) is 3. The lowest BCUT2D eigenvalue weighted by molar-refractivity contribution is 0.567. The molecule has 2 aromatic rings. The molecule has 2 aromatic heterocycles. The van der Waals surface area contributed by atoms with Gasteiger partial charge in [0.1, 0.15) is 10.5 Å². The molecule has 94 valence electrons. The molecule has 0 radical (unpaired) electrons. The monoisotopic (exact) mass is 259 g/mol. The van der Waals surface area contributed by atoms with Crippen LogP contribution in [0.5, 0.6) is 0 Å². The summed E-state index contributed by atoms with van der Waals surface area (Å²) >= 11 is 5.25. The van der Waals surface area contributed by atoms with Crippen LogP contribution in [0, 0.1) is 11.6 Å². The van der Waals surface area contributed by atoms with Crippen molar-refractivity contribution in [2.24, 2.45) is 0 Å². The van der Waals surface area contributed by atoms with Crippen molar-refractivity contribution in [3.8, 4) is 11.4 Å². The van der Waals surface area contributed by atoms with Crippen LogP contribution in [0.1, 0.15) is 32.0 Å². The van der Waals surface area contributed by atoms with Gasteiger partial charge in [0.25, 0.3) is 0 Å². The van der Waals surface area contributed by atoms with Crippen molar-refractivity contribution in [2.75, 3.05) is 0 Å². The molecule has 18 heavy (non-hydrogen) atoms. The normalized spacial score (nSPS) is 11.6. The Kier molecular flexibility index (Phi) is 3.30. The SMILES string of the molecule is Cc1ccncc1-c1nc(=S)cc(C(C)(C)C)[nH]1. The first kappa shape index (κ1) is 12.9. The number of nitrogens with one attached hydrogen (secondary N) is 1. The topological polar surface area (TPSA) is 41.6 Å². The number of aromatic nitrogens is 3. The van der Waals surface area contributed by atoms with Crippen LogP contribution >= 0.6 is 12.2 Å². The summed E-state index contributed by atoms with van der Waals surface area (Å²) in [5.74, 6) is 0.790. The molecule has 0 aromatic carbocycles. The molecule has 2 heterocycles. The number of rotatable bonds is 1. The van der Waals surface area contributed by atoms with Gasteiger partial charge in [0.05, 0.1) is 0 Å². The molecular formula is C14H17N3S. The van der Waals surface area contributed by atoms with Crippen LogP contribution in [0.4, 0.5) is 0 Å². The summed E-state index contributed by atoms with van der Waals surface area (Å²) in [5, 5.41) is 0. The van der Waals surface area contributed by atoms with Crippen molar-refractivity contribution in [3.05, 3.63) is 40.4 Å². The number of aryl methyl sites for hydroxylation is 1. The molecular weight excluding hydrogens is 242 g/mol. The zero-order chi connectivity index (χ0) is 13.3. The van der Waals surface area contributed by atoms with E-state index in [1.807, 2.05) is 25.3 Å². The molecule has 0 unspecified atom stereocenters. The standard InChI is InChI=1S/C14H17N3S/c1-9-5-6-15-8-10(9)13-16-11(14(2,3)4)7-12(18)17-13/h5-8H,1-4H3,(H,16,17,18). The minimum atomic E-state index is 0.0152. The van der Waals surface area contributed by atoms with Gasteiger partial charge in [-0.1, -0.05) is 33.0 Å². The highest BCUT2D eigenvalue weighted by atomic mass is 32.1.